The summed E-state index contributed by atoms with van der Waals surface area (Å²) >= 11 is 2.02. The van der Waals surface area contributed by atoms with Crippen LogP contribution in [0.4, 0.5) is 5.69 Å². The number of carbonyl (C=O) groups is 1. The van der Waals surface area contributed by atoms with Crippen molar-refractivity contribution in [1.29, 1.82) is 0 Å². The highest BCUT2D eigenvalue weighted by atomic mass is 32.2. The predicted molar refractivity (Wildman–Crippen MR) is 96.0 cm³/mol. The van der Waals surface area contributed by atoms with Crippen molar-refractivity contribution in [3.63, 3.8) is 0 Å². The minimum absolute atomic E-state index is 0.123. The predicted octanol–water partition coefficient (Wildman–Crippen LogP) is 2.82. The van der Waals surface area contributed by atoms with E-state index in [1.165, 1.54) is 17.2 Å². The summed E-state index contributed by atoms with van der Waals surface area (Å²) in [5.41, 5.74) is 2.45. The summed E-state index contributed by atoms with van der Waals surface area (Å²) in [6.45, 7) is 3.73. The Labute approximate surface area is 143 Å². The standard InChI is InChI=1S/C18H26N2O2S/c21-18(8-7-17-2-1-11-22-17)19-14-15-3-5-16(6-4-15)20-9-12-23-13-10-20/h3-6,17H,1-2,7-14H2,(H,19,21)/t17-/m1/s1. The Morgan fingerprint density at radius 2 is 2.04 bits per heavy atom. The second kappa shape index (κ2) is 8.60. The van der Waals surface area contributed by atoms with Crippen molar-refractivity contribution < 1.29 is 9.53 Å². The minimum atomic E-state index is 0.123. The average Bonchev–Trinajstić information content (AvgIpc) is 3.13. The van der Waals surface area contributed by atoms with E-state index in [9.17, 15) is 4.79 Å². The maximum absolute atomic E-state index is 11.9. The van der Waals surface area contributed by atoms with Crippen molar-refractivity contribution in [2.75, 3.05) is 36.1 Å². The fourth-order valence-corrected chi connectivity index (χ4v) is 4.00. The van der Waals surface area contributed by atoms with Crippen molar-refractivity contribution >= 4 is 23.4 Å². The van der Waals surface area contributed by atoms with Crippen LogP contribution in [0.5, 0.6) is 0 Å². The normalized spacial score (nSPS) is 21.4. The SMILES string of the molecule is O=C(CC[C@H]1CCCO1)NCc1ccc(N2CCSCC2)cc1. The van der Waals surface area contributed by atoms with E-state index in [0.717, 1.165) is 44.5 Å². The highest BCUT2D eigenvalue weighted by molar-refractivity contribution is 7.99. The maximum atomic E-state index is 11.9. The van der Waals surface area contributed by atoms with Gasteiger partial charge in [0, 0.05) is 49.9 Å². The number of ether oxygens (including phenoxy) is 1. The molecule has 23 heavy (non-hydrogen) atoms. The lowest BCUT2D eigenvalue weighted by atomic mass is 10.1. The van der Waals surface area contributed by atoms with E-state index < -0.39 is 0 Å². The van der Waals surface area contributed by atoms with Gasteiger partial charge in [-0.15, -0.1) is 0 Å². The number of rotatable bonds is 6. The van der Waals surface area contributed by atoms with Gasteiger partial charge in [0.1, 0.15) is 0 Å². The van der Waals surface area contributed by atoms with Crippen LogP contribution in [0.2, 0.25) is 0 Å². The number of benzene rings is 1. The molecule has 1 atom stereocenters. The quantitative estimate of drug-likeness (QED) is 0.869. The van der Waals surface area contributed by atoms with Crippen LogP contribution in [0, 0.1) is 0 Å². The third kappa shape index (κ3) is 5.15. The third-order valence-electron chi connectivity index (χ3n) is 4.52. The van der Waals surface area contributed by atoms with E-state index in [-0.39, 0.29) is 5.91 Å². The summed E-state index contributed by atoms with van der Waals surface area (Å²) in [6, 6.07) is 8.59. The molecule has 5 heteroatoms. The highest BCUT2D eigenvalue weighted by Crippen LogP contribution is 2.20. The molecule has 2 fully saturated rings. The van der Waals surface area contributed by atoms with Crippen LogP contribution >= 0.6 is 11.8 Å². The molecule has 0 bridgehead atoms. The second-order valence-corrected chi connectivity index (χ2v) is 7.44. The first-order chi connectivity index (χ1) is 11.3. The fourth-order valence-electron chi connectivity index (χ4n) is 3.10. The Balaban J connectivity index is 1.40. The number of amides is 1. The molecule has 2 saturated heterocycles. The summed E-state index contributed by atoms with van der Waals surface area (Å²) < 4.78 is 5.55. The molecule has 1 aromatic carbocycles. The Morgan fingerprint density at radius 1 is 1.26 bits per heavy atom. The molecular weight excluding hydrogens is 308 g/mol. The van der Waals surface area contributed by atoms with Crippen molar-refractivity contribution in [1.82, 2.24) is 5.32 Å². The molecule has 126 valence electrons. The Hall–Kier alpha value is -1.20. The van der Waals surface area contributed by atoms with Gasteiger partial charge < -0.3 is 15.0 Å². The second-order valence-electron chi connectivity index (χ2n) is 6.22. The summed E-state index contributed by atoms with van der Waals surface area (Å²) in [6.07, 6.45) is 3.94. The number of nitrogens with one attached hydrogen (secondary N) is 1. The zero-order valence-corrected chi connectivity index (χ0v) is 14.4. The van der Waals surface area contributed by atoms with Gasteiger partial charge in [0.2, 0.25) is 5.91 Å². The summed E-state index contributed by atoms with van der Waals surface area (Å²) in [5.74, 6) is 2.54. The molecule has 3 rings (SSSR count). The number of hydrogen-bond donors (Lipinski definition) is 1. The molecule has 2 aliphatic rings. The smallest absolute Gasteiger partial charge is 0.220 e. The maximum Gasteiger partial charge on any atom is 0.220 e. The molecular formula is C18H26N2O2S. The molecule has 2 heterocycles. The van der Waals surface area contributed by atoms with Crippen molar-refractivity contribution in [2.45, 2.75) is 38.3 Å². The average molecular weight is 334 g/mol. The fraction of sp³-hybridized carbons (Fsp3) is 0.611. The van der Waals surface area contributed by atoms with Gasteiger partial charge in [-0.05, 0) is 37.0 Å². The molecule has 1 N–H and O–H groups in total. The summed E-state index contributed by atoms with van der Waals surface area (Å²) in [4.78, 5) is 14.3. The van der Waals surface area contributed by atoms with Gasteiger partial charge in [-0.2, -0.15) is 11.8 Å². The zero-order valence-electron chi connectivity index (χ0n) is 13.6. The molecule has 1 aromatic rings. The third-order valence-corrected chi connectivity index (χ3v) is 5.46. The molecule has 2 aliphatic heterocycles. The first-order valence-electron chi connectivity index (χ1n) is 8.61. The van der Waals surface area contributed by atoms with Crippen LogP contribution in [0.3, 0.4) is 0 Å². The van der Waals surface area contributed by atoms with Gasteiger partial charge in [0.05, 0.1) is 6.10 Å². The number of anilines is 1. The Morgan fingerprint density at radius 3 is 2.74 bits per heavy atom. The van der Waals surface area contributed by atoms with Gasteiger partial charge in [0.25, 0.3) is 0 Å². The number of hydrogen-bond acceptors (Lipinski definition) is 4. The van der Waals surface area contributed by atoms with Crippen molar-refractivity contribution in [3.8, 4) is 0 Å². The summed E-state index contributed by atoms with van der Waals surface area (Å²) in [5, 5.41) is 3.01. The van der Waals surface area contributed by atoms with Crippen LogP contribution in [0.1, 0.15) is 31.2 Å². The largest absolute Gasteiger partial charge is 0.378 e. The molecule has 0 spiro atoms. The highest BCUT2D eigenvalue weighted by Gasteiger charge is 2.16. The Bertz CT molecular complexity index is 494. The van der Waals surface area contributed by atoms with E-state index in [4.69, 9.17) is 4.74 Å². The van der Waals surface area contributed by atoms with Crippen molar-refractivity contribution in [3.05, 3.63) is 29.8 Å². The van der Waals surface area contributed by atoms with E-state index in [2.05, 4.69) is 34.5 Å². The van der Waals surface area contributed by atoms with Gasteiger partial charge in [-0.3, -0.25) is 4.79 Å². The van der Waals surface area contributed by atoms with E-state index in [0.29, 0.717) is 19.1 Å². The first kappa shape index (κ1) is 16.7. The molecule has 0 radical (unpaired) electrons. The van der Waals surface area contributed by atoms with Gasteiger partial charge in [-0.25, -0.2) is 0 Å². The number of thioether (sulfide) groups is 1. The first-order valence-corrected chi connectivity index (χ1v) is 9.77. The van der Waals surface area contributed by atoms with E-state index in [1.54, 1.807) is 0 Å². The molecule has 0 saturated carbocycles. The molecule has 0 aliphatic carbocycles. The van der Waals surface area contributed by atoms with E-state index >= 15 is 0 Å². The van der Waals surface area contributed by atoms with E-state index in [1.807, 2.05) is 11.8 Å². The van der Waals surface area contributed by atoms with Crippen LogP contribution < -0.4 is 10.2 Å². The lowest BCUT2D eigenvalue weighted by Gasteiger charge is -2.28. The summed E-state index contributed by atoms with van der Waals surface area (Å²) in [7, 11) is 0. The number of nitrogens with zero attached hydrogens (tertiary/aromatic N) is 1. The van der Waals surface area contributed by atoms with Crippen molar-refractivity contribution in [2.24, 2.45) is 0 Å². The topological polar surface area (TPSA) is 41.6 Å². The van der Waals surface area contributed by atoms with Gasteiger partial charge in [-0.1, -0.05) is 12.1 Å². The lowest BCUT2D eigenvalue weighted by Crippen LogP contribution is -2.32. The minimum Gasteiger partial charge on any atom is -0.378 e. The van der Waals surface area contributed by atoms with Crippen LogP contribution in [-0.2, 0) is 16.1 Å². The monoisotopic (exact) mass is 334 g/mol. The van der Waals surface area contributed by atoms with Crippen LogP contribution in [-0.4, -0.2) is 43.2 Å². The molecule has 0 unspecified atom stereocenters. The Kier molecular flexibility index (Phi) is 6.22. The number of carbonyl (C=O) groups excluding carboxylic acids is 1. The lowest BCUT2D eigenvalue weighted by molar-refractivity contribution is -0.121. The van der Waals surface area contributed by atoms with Crippen LogP contribution in [0.25, 0.3) is 0 Å². The molecule has 0 aromatic heterocycles. The van der Waals surface area contributed by atoms with Crippen LogP contribution in [0.15, 0.2) is 24.3 Å². The zero-order chi connectivity index (χ0) is 15.9. The molecule has 4 nitrogen and oxygen atoms in total. The van der Waals surface area contributed by atoms with Gasteiger partial charge >= 0.3 is 0 Å². The van der Waals surface area contributed by atoms with Gasteiger partial charge in [0.15, 0.2) is 0 Å². The molecule has 1 amide bonds.